The minimum Gasteiger partial charge on any atom is -0.378 e. The first-order valence-corrected chi connectivity index (χ1v) is 9.49. The van der Waals surface area contributed by atoms with Gasteiger partial charge in [0.2, 0.25) is 0 Å². The van der Waals surface area contributed by atoms with E-state index in [1.54, 1.807) is 0 Å². The lowest BCUT2D eigenvalue weighted by Crippen LogP contribution is -2.16. The van der Waals surface area contributed by atoms with Crippen molar-refractivity contribution in [1.29, 1.82) is 0 Å². The van der Waals surface area contributed by atoms with Crippen LogP contribution in [0.5, 0.6) is 0 Å². The Balaban J connectivity index is 1.86. The molecule has 0 spiro atoms. The number of nitrogens with one attached hydrogen (secondary N) is 1. The minimum absolute atomic E-state index is 0.117. The number of carbonyl (C=O) groups is 1. The molecule has 0 fully saturated rings. The first kappa shape index (κ1) is 19.2. The van der Waals surface area contributed by atoms with Crippen molar-refractivity contribution in [2.24, 2.45) is 0 Å². The SMILES string of the molecule is Cc1ccc(C(=O)CC(Nc2ccc(C)c(C)c2)c2ccc(Cl)cc2)cc1. The number of benzene rings is 3. The van der Waals surface area contributed by atoms with Crippen LogP contribution in [0.15, 0.2) is 66.7 Å². The van der Waals surface area contributed by atoms with Crippen LogP contribution in [0, 0.1) is 20.8 Å². The third-order valence-corrected chi connectivity index (χ3v) is 5.14. The smallest absolute Gasteiger partial charge is 0.165 e. The topological polar surface area (TPSA) is 29.1 Å². The van der Waals surface area contributed by atoms with Gasteiger partial charge in [0.15, 0.2) is 5.78 Å². The average molecular weight is 378 g/mol. The summed E-state index contributed by atoms with van der Waals surface area (Å²) in [6.45, 7) is 6.21. The van der Waals surface area contributed by atoms with E-state index in [4.69, 9.17) is 11.6 Å². The second-order valence-corrected chi connectivity index (χ2v) is 7.48. The molecule has 0 aliphatic heterocycles. The molecule has 1 atom stereocenters. The van der Waals surface area contributed by atoms with Gasteiger partial charge >= 0.3 is 0 Å². The van der Waals surface area contributed by atoms with Crippen molar-refractivity contribution in [3.8, 4) is 0 Å². The van der Waals surface area contributed by atoms with Crippen LogP contribution in [-0.4, -0.2) is 5.78 Å². The van der Waals surface area contributed by atoms with E-state index in [-0.39, 0.29) is 11.8 Å². The zero-order valence-electron chi connectivity index (χ0n) is 15.9. The molecule has 138 valence electrons. The Morgan fingerprint density at radius 3 is 2.19 bits per heavy atom. The van der Waals surface area contributed by atoms with Crippen molar-refractivity contribution in [1.82, 2.24) is 0 Å². The summed E-state index contributed by atoms with van der Waals surface area (Å²) in [7, 11) is 0. The molecule has 0 heterocycles. The maximum absolute atomic E-state index is 12.9. The third-order valence-electron chi connectivity index (χ3n) is 4.88. The van der Waals surface area contributed by atoms with Crippen molar-refractivity contribution < 1.29 is 4.79 Å². The summed E-state index contributed by atoms with van der Waals surface area (Å²) in [6.07, 6.45) is 0.373. The highest BCUT2D eigenvalue weighted by molar-refractivity contribution is 6.30. The van der Waals surface area contributed by atoms with Gasteiger partial charge in [-0.05, 0) is 61.7 Å². The summed E-state index contributed by atoms with van der Waals surface area (Å²) >= 11 is 6.04. The van der Waals surface area contributed by atoms with Crippen LogP contribution in [-0.2, 0) is 0 Å². The first-order valence-electron chi connectivity index (χ1n) is 9.11. The molecule has 3 heteroatoms. The molecule has 0 aliphatic carbocycles. The highest BCUT2D eigenvalue weighted by atomic mass is 35.5. The Morgan fingerprint density at radius 1 is 0.889 bits per heavy atom. The van der Waals surface area contributed by atoms with Gasteiger partial charge in [-0.2, -0.15) is 0 Å². The van der Waals surface area contributed by atoms with Gasteiger partial charge in [0.25, 0.3) is 0 Å². The first-order chi connectivity index (χ1) is 12.9. The van der Waals surface area contributed by atoms with Crippen LogP contribution in [0.4, 0.5) is 5.69 Å². The van der Waals surface area contributed by atoms with Gasteiger partial charge in [0.05, 0.1) is 6.04 Å². The van der Waals surface area contributed by atoms with Crippen LogP contribution in [0.3, 0.4) is 0 Å². The molecule has 3 rings (SSSR count). The van der Waals surface area contributed by atoms with Crippen LogP contribution < -0.4 is 5.32 Å². The van der Waals surface area contributed by atoms with E-state index in [2.05, 4.69) is 37.4 Å². The summed E-state index contributed by atoms with van der Waals surface area (Å²) in [5.74, 6) is 0.117. The fraction of sp³-hybridized carbons (Fsp3) is 0.208. The average Bonchev–Trinajstić information content (AvgIpc) is 2.65. The molecule has 0 bridgehead atoms. The van der Waals surface area contributed by atoms with Crippen molar-refractivity contribution in [2.45, 2.75) is 33.2 Å². The highest BCUT2D eigenvalue weighted by Gasteiger charge is 2.18. The Kier molecular flexibility index (Phi) is 5.98. The fourth-order valence-corrected chi connectivity index (χ4v) is 3.15. The zero-order valence-corrected chi connectivity index (χ0v) is 16.7. The second kappa shape index (κ2) is 8.41. The molecule has 3 aromatic carbocycles. The van der Waals surface area contributed by atoms with Gasteiger partial charge < -0.3 is 5.32 Å². The summed E-state index contributed by atoms with van der Waals surface area (Å²) in [5, 5.41) is 4.22. The van der Waals surface area contributed by atoms with Gasteiger partial charge in [0, 0.05) is 22.7 Å². The van der Waals surface area contributed by atoms with Crippen molar-refractivity contribution in [3.05, 3.63) is 99.6 Å². The fourth-order valence-electron chi connectivity index (χ4n) is 3.02. The van der Waals surface area contributed by atoms with Gasteiger partial charge in [-0.15, -0.1) is 0 Å². The molecule has 1 unspecified atom stereocenters. The van der Waals surface area contributed by atoms with Gasteiger partial charge in [0.1, 0.15) is 0 Å². The molecule has 0 saturated heterocycles. The standard InChI is InChI=1S/C24H24ClNO/c1-16-4-7-20(8-5-16)24(27)15-23(19-9-11-21(25)12-10-19)26-22-13-6-17(2)18(3)14-22/h4-14,23,26H,15H2,1-3H3. The Bertz CT molecular complexity index is 930. The van der Waals surface area contributed by atoms with E-state index in [1.165, 1.54) is 11.1 Å². The van der Waals surface area contributed by atoms with Crippen LogP contribution in [0.1, 0.15) is 45.1 Å². The monoisotopic (exact) mass is 377 g/mol. The van der Waals surface area contributed by atoms with Crippen molar-refractivity contribution in [2.75, 3.05) is 5.32 Å². The molecule has 1 N–H and O–H groups in total. The van der Waals surface area contributed by atoms with Gasteiger partial charge in [-0.25, -0.2) is 0 Å². The predicted molar refractivity (Wildman–Crippen MR) is 114 cm³/mol. The molecule has 0 radical (unpaired) electrons. The molecule has 0 saturated carbocycles. The normalized spacial score (nSPS) is 11.9. The molecule has 0 aromatic heterocycles. The molecule has 27 heavy (non-hydrogen) atoms. The molecule has 0 amide bonds. The summed E-state index contributed by atoms with van der Waals surface area (Å²) in [6, 6.07) is 21.6. The number of halogens is 1. The van der Waals surface area contributed by atoms with Crippen molar-refractivity contribution >= 4 is 23.1 Å². The van der Waals surface area contributed by atoms with E-state index < -0.39 is 0 Å². The number of hydrogen-bond donors (Lipinski definition) is 1. The van der Waals surface area contributed by atoms with Crippen LogP contribution >= 0.6 is 11.6 Å². The second-order valence-electron chi connectivity index (χ2n) is 7.04. The van der Waals surface area contributed by atoms with E-state index in [1.807, 2.05) is 55.5 Å². The molecule has 2 nitrogen and oxygen atoms in total. The Labute approximate surface area is 166 Å². The highest BCUT2D eigenvalue weighted by Crippen LogP contribution is 2.27. The third kappa shape index (κ3) is 4.99. The van der Waals surface area contributed by atoms with Crippen LogP contribution in [0.2, 0.25) is 5.02 Å². The number of hydrogen-bond acceptors (Lipinski definition) is 2. The Hall–Kier alpha value is -2.58. The molecule has 0 aliphatic rings. The number of anilines is 1. The summed E-state index contributed by atoms with van der Waals surface area (Å²) in [4.78, 5) is 12.9. The summed E-state index contributed by atoms with van der Waals surface area (Å²) < 4.78 is 0. The summed E-state index contributed by atoms with van der Waals surface area (Å²) in [5.41, 5.74) is 6.40. The molecular formula is C24H24ClNO. The number of ketones is 1. The maximum Gasteiger partial charge on any atom is 0.165 e. The largest absolute Gasteiger partial charge is 0.378 e. The van der Waals surface area contributed by atoms with E-state index in [9.17, 15) is 4.79 Å². The lowest BCUT2D eigenvalue weighted by atomic mass is 9.97. The minimum atomic E-state index is -0.127. The number of rotatable bonds is 6. The number of Topliss-reactive ketones (excluding diaryl/α,β-unsaturated/α-hetero) is 1. The van der Waals surface area contributed by atoms with E-state index >= 15 is 0 Å². The van der Waals surface area contributed by atoms with Gasteiger partial charge in [-0.1, -0.05) is 59.6 Å². The molecular weight excluding hydrogens is 354 g/mol. The Morgan fingerprint density at radius 2 is 1.56 bits per heavy atom. The maximum atomic E-state index is 12.9. The quantitative estimate of drug-likeness (QED) is 0.484. The number of carbonyl (C=O) groups excluding carboxylic acids is 1. The van der Waals surface area contributed by atoms with E-state index in [0.717, 1.165) is 22.4 Å². The lowest BCUT2D eigenvalue weighted by Gasteiger charge is -2.21. The molecule has 3 aromatic rings. The van der Waals surface area contributed by atoms with Crippen LogP contribution in [0.25, 0.3) is 0 Å². The number of aryl methyl sites for hydroxylation is 3. The van der Waals surface area contributed by atoms with Crippen molar-refractivity contribution in [3.63, 3.8) is 0 Å². The van der Waals surface area contributed by atoms with Gasteiger partial charge in [-0.3, -0.25) is 4.79 Å². The predicted octanol–water partition coefficient (Wildman–Crippen LogP) is 6.69. The lowest BCUT2D eigenvalue weighted by molar-refractivity contribution is 0.0976. The van der Waals surface area contributed by atoms with E-state index in [0.29, 0.717) is 11.4 Å². The zero-order chi connectivity index (χ0) is 19.4.